The van der Waals surface area contributed by atoms with Gasteiger partial charge in [0.2, 0.25) is 0 Å². The van der Waals surface area contributed by atoms with E-state index in [0.717, 1.165) is 11.3 Å². The Labute approximate surface area is 124 Å². The minimum absolute atomic E-state index is 0.0574. The van der Waals surface area contributed by atoms with Crippen LogP contribution in [0.4, 0.5) is 0 Å². The molecular weight excluding hydrogens is 266 g/mol. The number of aromatic nitrogens is 2. The van der Waals surface area contributed by atoms with Crippen molar-refractivity contribution in [1.29, 1.82) is 0 Å². The Bertz CT molecular complexity index is 631. The highest BCUT2D eigenvalue weighted by Gasteiger charge is 2.22. The van der Waals surface area contributed by atoms with Crippen LogP contribution in [0.1, 0.15) is 41.6 Å². The SMILES string of the molecule is CCn1nc(C)cc1C(=O)N(C)C(C)c1ccc(O)cc1. The molecule has 5 heteroatoms. The summed E-state index contributed by atoms with van der Waals surface area (Å²) in [4.78, 5) is 14.3. The lowest BCUT2D eigenvalue weighted by Gasteiger charge is -2.25. The molecule has 0 saturated carbocycles. The smallest absolute Gasteiger partial charge is 0.272 e. The van der Waals surface area contributed by atoms with Gasteiger partial charge in [0.1, 0.15) is 11.4 Å². The minimum atomic E-state index is -0.0846. The van der Waals surface area contributed by atoms with E-state index < -0.39 is 0 Å². The predicted octanol–water partition coefficient (Wildman–Crippen LogP) is 2.75. The number of carbonyl (C=O) groups is 1. The molecule has 0 radical (unpaired) electrons. The molecule has 21 heavy (non-hydrogen) atoms. The van der Waals surface area contributed by atoms with Gasteiger partial charge >= 0.3 is 0 Å². The van der Waals surface area contributed by atoms with Crippen LogP contribution in [0.5, 0.6) is 5.75 Å². The van der Waals surface area contributed by atoms with Gasteiger partial charge in [0.25, 0.3) is 5.91 Å². The molecule has 1 heterocycles. The van der Waals surface area contributed by atoms with Crippen molar-refractivity contribution in [2.24, 2.45) is 0 Å². The van der Waals surface area contributed by atoms with E-state index in [4.69, 9.17) is 0 Å². The van der Waals surface area contributed by atoms with Crippen LogP contribution in [-0.4, -0.2) is 32.7 Å². The number of nitrogens with zero attached hydrogens (tertiary/aromatic N) is 3. The lowest BCUT2D eigenvalue weighted by Crippen LogP contribution is -2.31. The van der Waals surface area contributed by atoms with Crippen LogP contribution < -0.4 is 0 Å². The molecule has 112 valence electrons. The van der Waals surface area contributed by atoms with Gasteiger partial charge in [-0.05, 0) is 44.5 Å². The first-order valence-electron chi connectivity index (χ1n) is 7.04. The molecular formula is C16H21N3O2. The number of phenols is 1. The van der Waals surface area contributed by atoms with Crippen LogP contribution in [0.15, 0.2) is 30.3 Å². The van der Waals surface area contributed by atoms with E-state index in [1.54, 1.807) is 28.8 Å². The van der Waals surface area contributed by atoms with E-state index in [1.807, 2.05) is 39.0 Å². The van der Waals surface area contributed by atoms with Gasteiger partial charge in [-0.25, -0.2) is 0 Å². The van der Waals surface area contributed by atoms with E-state index in [0.29, 0.717) is 12.2 Å². The molecule has 1 unspecified atom stereocenters. The minimum Gasteiger partial charge on any atom is -0.508 e. The number of benzene rings is 1. The average molecular weight is 287 g/mol. The Balaban J connectivity index is 2.23. The Morgan fingerprint density at radius 1 is 1.38 bits per heavy atom. The normalized spacial score (nSPS) is 12.2. The molecule has 2 aromatic rings. The number of hydrogen-bond acceptors (Lipinski definition) is 3. The monoisotopic (exact) mass is 287 g/mol. The summed E-state index contributed by atoms with van der Waals surface area (Å²) in [5.41, 5.74) is 2.41. The molecule has 0 fully saturated rings. The fraction of sp³-hybridized carbons (Fsp3) is 0.375. The third-order valence-electron chi connectivity index (χ3n) is 3.70. The number of rotatable bonds is 4. The van der Waals surface area contributed by atoms with Gasteiger partial charge in [0, 0.05) is 13.6 Å². The topological polar surface area (TPSA) is 58.4 Å². The maximum atomic E-state index is 12.6. The zero-order valence-corrected chi connectivity index (χ0v) is 12.9. The third kappa shape index (κ3) is 3.07. The van der Waals surface area contributed by atoms with Gasteiger partial charge in [-0.1, -0.05) is 12.1 Å². The Morgan fingerprint density at radius 2 is 2.00 bits per heavy atom. The maximum absolute atomic E-state index is 12.6. The van der Waals surface area contributed by atoms with Gasteiger partial charge in [0.05, 0.1) is 11.7 Å². The van der Waals surface area contributed by atoms with Crippen LogP contribution in [0.25, 0.3) is 0 Å². The zero-order valence-electron chi connectivity index (χ0n) is 12.9. The molecule has 1 N–H and O–H groups in total. The van der Waals surface area contributed by atoms with Crippen molar-refractivity contribution in [2.75, 3.05) is 7.05 Å². The lowest BCUT2D eigenvalue weighted by molar-refractivity contribution is 0.0730. The van der Waals surface area contributed by atoms with Crippen LogP contribution in [-0.2, 0) is 6.54 Å². The summed E-state index contributed by atoms with van der Waals surface area (Å²) in [5, 5.41) is 13.7. The molecule has 0 aliphatic heterocycles. The van der Waals surface area contributed by atoms with Gasteiger partial charge in [0.15, 0.2) is 0 Å². The highest BCUT2D eigenvalue weighted by molar-refractivity contribution is 5.92. The second kappa shape index (κ2) is 5.99. The predicted molar refractivity (Wildman–Crippen MR) is 81.3 cm³/mol. The molecule has 0 saturated heterocycles. The maximum Gasteiger partial charge on any atom is 0.272 e. The molecule has 0 aliphatic carbocycles. The summed E-state index contributed by atoms with van der Waals surface area (Å²) in [6.45, 7) is 6.47. The van der Waals surface area contributed by atoms with Gasteiger partial charge in [-0.15, -0.1) is 0 Å². The summed E-state index contributed by atoms with van der Waals surface area (Å²) in [6, 6.07) is 8.64. The van der Waals surface area contributed by atoms with E-state index in [-0.39, 0.29) is 17.7 Å². The van der Waals surface area contributed by atoms with Crippen LogP contribution in [0, 0.1) is 6.92 Å². The Hall–Kier alpha value is -2.30. The zero-order chi connectivity index (χ0) is 15.6. The molecule has 1 atom stereocenters. The molecule has 1 aromatic heterocycles. The van der Waals surface area contributed by atoms with E-state index in [2.05, 4.69) is 5.10 Å². The van der Waals surface area contributed by atoms with Crippen molar-refractivity contribution < 1.29 is 9.90 Å². The lowest BCUT2D eigenvalue weighted by atomic mass is 10.1. The van der Waals surface area contributed by atoms with Crippen molar-refractivity contribution in [2.45, 2.75) is 33.4 Å². The second-order valence-electron chi connectivity index (χ2n) is 5.17. The molecule has 5 nitrogen and oxygen atoms in total. The van der Waals surface area contributed by atoms with Gasteiger partial charge < -0.3 is 10.0 Å². The fourth-order valence-corrected chi connectivity index (χ4v) is 2.29. The Morgan fingerprint density at radius 3 is 2.57 bits per heavy atom. The number of phenolic OH excluding ortho intramolecular Hbond substituents is 1. The van der Waals surface area contributed by atoms with E-state index >= 15 is 0 Å². The second-order valence-corrected chi connectivity index (χ2v) is 5.17. The molecule has 2 rings (SSSR count). The first-order valence-corrected chi connectivity index (χ1v) is 7.04. The summed E-state index contributed by atoms with van der Waals surface area (Å²) >= 11 is 0. The first-order chi connectivity index (χ1) is 9.93. The van der Waals surface area contributed by atoms with Gasteiger partial charge in [-0.2, -0.15) is 5.10 Å². The summed E-state index contributed by atoms with van der Waals surface area (Å²) < 4.78 is 1.72. The number of carbonyl (C=O) groups excluding carboxylic acids is 1. The molecule has 0 spiro atoms. The van der Waals surface area contributed by atoms with Crippen molar-refractivity contribution >= 4 is 5.91 Å². The van der Waals surface area contributed by atoms with Gasteiger partial charge in [-0.3, -0.25) is 9.48 Å². The van der Waals surface area contributed by atoms with Crippen molar-refractivity contribution in [3.63, 3.8) is 0 Å². The number of aryl methyl sites for hydroxylation is 2. The molecule has 1 amide bonds. The van der Waals surface area contributed by atoms with E-state index in [9.17, 15) is 9.90 Å². The molecule has 0 bridgehead atoms. The summed E-state index contributed by atoms with van der Waals surface area (Å²) in [5.74, 6) is 0.164. The van der Waals surface area contributed by atoms with Crippen molar-refractivity contribution in [3.8, 4) is 5.75 Å². The largest absolute Gasteiger partial charge is 0.508 e. The highest BCUT2D eigenvalue weighted by atomic mass is 16.3. The first kappa shape index (κ1) is 15.1. The highest BCUT2D eigenvalue weighted by Crippen LogP contribution is 2.22. The van der Waals surface area contributed by atoms with E-state index in [1.165, 1.54) is 0 Å². The van der Waals surface area contributed by atoms with Crippen molar-refractivity contribution in [3.05, 3.63) is 47.3 Å². The molecule has 1 aromatic carbocycles. The Kier molecular flexibility index (Phi) is 4.31. The van der Waals surface area contributed by atoms with Crippen LogP contribution >= 0.6 is 0 Å². The third-order valence-corrected chi connectivity index (χ3v) is 3.70. The summed E-state index contributed by atoms with van der Waals surface area (Å²) in [6.07, 6.45) is 0. The average Bonchev–Trinajstić information content (AvgIpc) is 2.86. The standard InChI is InChI=1S/C16H21N3O2/c1-5-19-15(10-11(2)17-19)16(21)18(4)12(3)13-6-8-14(20)9-7-13/h6-10,12,20H,5H2,1-4H3. The molecule has 0 aliphatic rings. The summed E-state index contributed by atoms with van der Waals surface area (Å²) in [7, 11) is 1.78. The number of hydrogen-bond donors (Lipinski definition) is 1. The number of amides is 1. The van der Waals surface area contributed by atoms with Crippen molar-refractivity contribution in [1.82, 2.24) is 14.7 Å². The van der Waals surface area contributed by atoms with Crippen LogP contribution in [0.3, 0.4) is 0 Å². The quantitative estimate of drug-likeness (QED) is 0.940. The fourth-order valence-electron chi connectivity index (χ4n) is 2.29. The van der Waals surface area contributed by atoms with Crippen LogP contribution in [0.2, 0.25) is 0 Å². The number of aromatic hydroxyl groups is 1.